The van der Waals surface area contributed by atoms with E-state index in [-0.39, 0.29) is 17.8 Å². The Morgan fingerprint density at radius 3 is 2.48 bits per heavy atom. The normalized spacial score (nSPS) is 11.0. The number of carbonyl (C=O) groups excluding carboxylic acids is 1. The molecular weight excluding hydrogens is 335 g/mol. The molecule has 0 unspecified atom stereocenters. The van der Waals surface area contributed by atoms with E-state index in [0.29, 0.717) is 17.9 Å². The van der Waals surface area contributed by atoms with Crippen LogP contribution in [0.2, 0.25) is 0 Å². The molecule has 2 aromatic rings. The molecule has 0 aliphatic carbocycles. The molecule has 0 radical (unpaired) electrons. The molecule has 0 N–H and O–H groups in total. The molecule has 0 bridgehead atoms. The van der Waals surface area contributed by atoms with Crippen LogP contribution in [0.15, 0.2) is 41.0 Å². The molecule has 1 aromatic heterocycles. The molecule has 1 heterocycles. The zero-order valence-corrected chi connectivity index (χ0v) is 13.9. The molecule has 21 heavy (non-hydrogen) atoms. The summed E-state index contributed by atoms with van der Waals surface area (Å²) < 4.78 is 15.8. The molecule has 0 saturated carbocycles. The van der Waals surface area contributed by atoms with Gasteiger partial charge in [0.15, 0.2) is 0 Å². The summed E-state index contributed by atoms with van der Waals surface area (Å²) in [5.41, 5.74) is 1.31. The number of carbonyl (C=O) groups is 1. The first-order chi connectivity index (χ1) is 9.93. The first kappa shape index (κ1) is 15.8. The van der Waals surface area contributed by atoms with Gasteiger partial charge in [-0.15, -0.1) is 0 Å². The van der Waals surface area contributed by atoms with Crippen LogP contribution in [0, 0.1) is 5.82 Å². The van der Waals surface area contributed by atoms with E-state index in [0.717, 1.165) is 4.47 Å². The van der Waals surface area contributed by atoms with Crippen molar-refractivity contribution >= 4 is 27.5 Å². The van der Waals surface area contributed by atoms with Gasteiger partial charge in [-0.25, -0.2) is 4.39 Å². The standard InChI is InChI=1S/C16H18BrFN2O/c1-4-19(14-7-5-13(18)6-8-14)16(21)15-9-12(17)10-20(15)11(2)3/h5-11H,4H2,1-3H3. The van der Waals surface area contributed by atoms with Gasteiger partial charge in [0.05, 0.1) is 0 Å². The molecule has 5 heteroatoms. The van der Waals surface area contributed by atoms with E-state index >= 15 is 0 Å². The molecule has 0 fully saturated rings. The van der Waals surface area contributed by atoms with E-state index in [2.05, 4.69) is 15.9 Å². The van der Waals surface area contributed by atoms with Gasteiger partial charge in [-0.2, -0.15) is 0 Å². The molecule has 0 atom stereocenters. The molecule has 1 amide bonds. The average molecular weight is 353 g/mol. The van der Waals surface area contributed by atoms with Crippen LogP contribution in [0.3, 0.4) is 0 Å². The van der Waals surface area contributed by atoms with Crippen molar-refractivity contribution < 1.29 is 9.18 Å². The fourth-order valence-corrected chi connectivity index (χ4v) is 2.68. The first-order valence-electron chi connectivity index (χ1n) is 6.88. The Bertz CT molecular complexity index is 634. The predicted octanol–water partition coefficient (Wildman–Crippen LogP) is 4.64. The second-order valence-electron chi connectivity index (χ2n) is 5.07. The minimum atomic E-state index is -0.310. The van der Waals surface area contributed by atoms with E-state index < -0.39 is 0 Å². The lowest BCUT2D eigenvalue weighted by Crippen LogP contribution is -2.32. The first-order valence-corrected chi connectivity index (χ1v) is 7.68. The molecule has 1 aromatic carbocycles. The molecular formula is C16H18BrFN2O. The van der Waals surface area contributed by atoms with Crippen LogP contribution in [0.25, 0.3) is 0 Å². The van der Waals surface area contributed by atoms with Gasteiger partial charge in [0.25, 0.3) is 5.91 Å². The Hall–Kier alpha value is -1.62. The van der Waals surface area contributed by atoms with Crippen molar-refractivity contribution in [2.75, 3.05) is 11.4 Å². The van der Waals surface area contributed by atoms with Crippen LogP contribution < -0.4 is 4.90 Å². The third kappa shape index (κ3) is 3.35. The minimum Gasteiger partial charge on any atom is -0.340 e. The van der Waals surface area contributed by atoms with E-state index in [1.807, 2.05) is 37.6 Å². The lowest BCUT2D eigenvalue weighted by molar-refractivity contribution is 0.0978. The Balaban J connectivity index is 2.39. The number of hydrogen-bond donors (Lipinski definition) is 0. The molecule has 0 aliphatic heterocycles. The molecule has 3 nitrogen and oxygen atoms in total. The number of halogens is 2. The Morgan fingerprint density at radius 1 is 1.33 bits per heavy atom. The van der Waals surface area contributed by atoms with Crippen molar-refractivity contribution in [3.05, 3.63) is 52.5 Å². The topological polar surface area (TPSA) is 25.2 Å². The fraction of sp³-hybridized carbons (Fsp3) is 0.312. The number of amides is 1. The second kappa shape index (κ2) is 6.43. The average Bonchev–Trinajstić information content (AvgIpc) is 2.84. The summed E-state index contributed by atoms with van der Waals surface area (Å²) in [6.07, 6.45) is 1.90. The highest BCUT2D eigenvalue weighted by atomic mass is 79.9. The highest BCUT2D eigenvalue weighted by Crippen LogP contribution is 2.23. The van der Waals surface area contributed by atoms with Crippen molar-refractivity contribution in [1.82, 2.24) is 4.57 Å². The van der Waals surface area contributed by atoms with Gasteiger partial charge in [0, 0.05) is 28.9 Å². The summed E-state index contributed by atoms with van der Waals surface area (Å²) >= 11 is 3.42. The number of aromatic nitrogens is 1. The number of anilines is 1. The molecule has 112 valence electrons. The smallest absolute Gasteiger partial charge is 0.274 e. The maximum absolute atomic E-state index is 13.0. The van der Waals surface area contributed by atoms with Gasteiger partial charge >= 0.3 is 0 Å². The molecule has 2 rings (SSSR count). The third-order valence-electron chi connectivity index (χ3n) is 3.29. The van der Waals surface area contributed by atoms with Gasteiger partial charge < -0.3 is 9.47 Å². The van der Waals surface area contributed by atoms with E-state index in [1.54, 1.807) is 17.0 Å². The van der Waals surface area contributed by atoms with Crippen molar-refractivity contribution in [3.63, 3.8) is 0 Å². The molecule has 0 spiro atoms. The Labute approximate surface area is 132 Å². The minimum absolute atomic E-state index is 0.0940. The van der Waals surface area contributed by atoms with Gasteiger partial charge in [-0.1, -0.05) is 0 Å². The lowest BCUT2D eigenvalue weighted by atomic mass is 10.2. The lowest BCUT2D eigenvalue weighted by Gasteiger charge is -2.22. The number of nitrogens with zero attached hydrogens (tertiary/aromatic N) is 2. The highest BCUT2D eigenvalue weighted by Gasteiger charge is 2.21. The summed E-state index contributed by atoms with van der Waals surface area (Å²) in [6, 6.07) is 7.96. The van der Waals surface area contributed by atoms with Crippen molar-refractivity contribution in [1.29, 1.82) is 0 Å². The number of rotatable bonds is 4. The van der Waals surface area contributed by atoms with Gasteiger partial charge in [0.1, 0.15) is 11.5 Å². The van der Waals surface area contributed by atoms with Crippen LogP contribution in [0.1, 0.15) is 37.3 Å². The molecule has 0 aliphatic rings. The maximum Gasteiger partial charge on any atom is 0.274 e. The number of benzene rings is 1. The summed E-state index contributed by atoms with van der Waals surface area (Å²) in [6.45, 7) is 6.47. The van der Waals surface area contributed by atoms with Gasteiger partial charge in [-0.3, -0.25) is 4.79 Å². The van der Waals surface area contributed by atoms with E-state index in [4.69, 9.17) is 0 Å². The fourth-order valence-electron chi connectivity index (χ4n) is 2.25. The van der Waals surface area contributed by atoms with E-state index in [9.17, 15) is 9.18 Å². The van der Waals surface area contributed by atoms with Gasteiger partial charge in [-0.05, 0) is 67.0 Å². The van der Waals surface area contributed by atoms with Crippen molar-refractivity contribution in [2.24, 2.45) is 0 Å². The van der Waals surface area contributed by atoms with E-state index in [1.165, 1.54) is 12.1 Å². The Kier molecular flexibility index (Phi) is 4.83. The van der Waals surface area contributed by atoms with Crippen LogP contribution in [-0.2, 0) is 0 Å². The predicted molar refractivity (Wildman–Crippen MR) is 86.3 cm³/mol. The summed E-state index contributed by atoms with van der Waals surface area (Å²) in [4.78, 5) is 14.4. The quantitative estimate of drug-likeness (QED) is 0.786. The van der Waals surface area contributed by atoms with Crippen LogP contribution in [0.5, 0.6) is 0 Å². The highest BCUT2D eigenvalue weighted by molar-refractivity contribution is 9.10. The van der Waals surface area contributed by atoms with Crippen molar-refractivity contribution in [3.8, 4) is 0 Å². The third-order valence-corrected chi connectivity index (χ3v) is 3.72. The SMILES string of the molecule is CCN(C(=O)c1cc(Br)cn1C(C)C)c1ccc(F)cc1. The largest absolute Gasteiger partial charge is 0.340 e. The summed E-state index contributed by atoms with van der Waals surface area (Å²) in [5, 5.41) is 0. The monoisotopic (exact) mass is 352 g/mol. The molecule has 0 saturated heterocycles. The zero-order valence-electron chi connectivity index (χ0n) is 12.3. The van der Waals surface area contributed by atoms with Crippen LogP contribution >= 0.6 is 15.9 Å². The second-order valence-corrected chi connectivity index (χ2v) is 5.99. The summed E-state index contributed by atoms with van der Waals surface area (Å²) in [5.74, 6) is -0.404. The zero-order chi connectivity index (χ0) is 15.6. The number of hydrogen-bond acceptors (Lipinski definition) is 1. The van der Waals surface area contributed by atoms with Crippen LogP contribution in [-0.4, -0.2) is 17.0 Å². The van der Waals surface area contributed by atoms with Gasteiger partial charge in [0.2, 0.25) is 0 Å². The maximum atomic E-state index is 13.0. The van der Waals surface area contributed by atoms with Crippen LogP contribution in [0.4, 0.5) is 10.1 Å². The Morgan fingerprint density at radius 2 is 1.95 bits per heavy atom. The van der Waals surface area contributed by atoms with Crippen molar-refractivity contribution in [2.45, 2.75) is 26.8 Å². The summed E-state index contributed by atoms with van der Waals surface area (Å²) in [7, 11) is 0.